The molecule has 0 atom stereocenters. The molecule has 1 N–H and O–H groups in total. The van der Waals surface area contributed by atoms with Crippen LogP contribution in [0.4, 0.5) is 0 Å². The number of aryl methyl sites for hydroxylation is 1. The van der Waals surface area contributed by atoms with Crippen LogP contribution >= 0.6 is 0 Å². The van der Waals surface area contributed by atoms with Gasteiger partial charge in [0.1, 0.15) is 0 Å². The van der Waals surface area contributed by atoms with Gasteiger partial charge in [-0.15, -0.1) is 0 Å². The van der Waals surface area contributed by atoms with Crippen LogP contribution in [-0.4, -0.2) is 42.0 Å². The topological polar surface area (TPSA) is 45.2 Å². The zero-order valence-electron chi connectivity index (χ0n) is 12.2. The Morgan fingerprint density at radius 3 is 2.70 bits per heavy atom. The van der Waals surface area contributed by atoms with Crippen LogP contribution in [0.1, 0.15) is 37.7 Å². The van der Waals surface area contributed by atoms with E-state index < -0.39 is 0 Å². The van der Waals surface area contributed by atoms with Crippen LogP contribution in [0.2, 0.25) is 0 Å². The van der Waals surface area contributed by atoms with Crippen LogP contribution in [0.15, 0.2) is 24.5 Å². The van der Waals surface area contributed by atoms with E-state index in [4.69, 9.17) is 0 Å². The number of nitrogens with zero attached hydrogens (tertiary/aromatic N) is 2. The first-order chi connectivity index (χ1) is 9.84. The first-order valence-corrected chi connectivity index (χ1v) is 7.72. The van der Waals surface area contributed by atoms with Crippen LogP contribution in [0.25, 0.3) is 0 Å². The summed E-state index contributed by atoms with van der Waals surface area (Å²) >= 11 is 0. The highest BCUT2D eigenvalue weighted by atomic mass is 16.1. The Morgan fingerprint density at radius 1 is 1.20 bits per heavy atom. The number of unbranched alkanes of at least 4 members (excludes halogenated alkanes) is 1. The van der Waals surface area contributed by atoms with Gasteiger partial charge in [0.25, 0.3) is 0 Å². The number of likely N-dealkylation sites (tertiary alicyclic amines) is 1. The molecule has 2 rings (SSSR count). The highest BCUT2D eigenvalue weighted by Crippen LogP contribution is 2.08. The van der Waals surface area contributed by atoms with Gasteiger partial charge in [-0.25, -0.2) is 0 Å². The van der Waals surface area contributed by atoms with E-state index >= 15 is 0 Å². The maximum absolute atomic E-state index is 11.7. The maximum Gasteiger partial charge on any atom is 0.220 e. The second-order valence-corrected chi connectivity index (χ2v) is 5.46. The normalized spacial score (nSPS) is 15.4. The Hall–Kier alpha value is -1.42. The lowest BCUT2D eigenvalue weighted by atomic mass is 10.1. The highest BCUT2D eigenvalue weighted by Gasteiger charge is 2.10. The fraction of sp³-hybridized carbons (Fsp3) is 0.625. The maximum atomic E-state index is 11.7. The summed E-state index contributed by atoms with van der Waals surface area (Å²) < 4.78 is 0. The zero-order chi connectivity index (χ0) is 14.0. The van der Waals surface area contributed by atoms with Crippen molar-refractivity contribution in [2.75, 3.05) is 26.2 Å². The van der Waals surface area contributed by atoms with Crippen molar-refractivity contribution in [3.8, 4) is 0 Å². The van der Waals surface area contributed by atoms with Crippen molar-refractivity contribution in [2.24, 2.45) is 0 Å². The van der Waals surface area contributed by atoms with Gasteiger partial charge >= 0.3 is 0 Å². The molecule has 0 aliphatic carbocycles. The summed E-state index contributed by atoms with van der Waals surface area (Å²) in [6, 6.07) is 3.92. The molecular weight excluding hydrogens is 250 g/mol. The van der Waals surface area contributed by atoms with Gasteiger partial charge in [-0.05, 0) is 69.4 Å². The van der Waals surface area contributed by atoms with Crippen LogP contribution in [0.3, 0.4) is 0 Å². The fourth-order valence-electron chi connectivity index (χ4n) is 2.59. The molecule has 0 spiro atoms. The first kappa shape index (κ1) is 15.0. The van der Waals surface area contributed by atoms with Crippen molar-refractivity contribution < 1.29 is 4.79 Å². The molecule has 20 heavy (non-hydrogen) atoms. The number of aromatic nitrogens is 1. The Balaban J connectivity index is 1.47. The standard InChI is InChI=1S/C16H25N3O/c20-16(6-5-15-7-10-17-11-8-15)18-9-1-2-12-19-13-3-4-14-19/h7-8,10-11H,1-6,9,12-14H2,(H,18,20). The van der Waals surface area contributed by atoms with E-state index in [0.717, 1.165) is 19.4 Å². The second kappa shape index (κ2) is 8.69. The SMILES string of the molecule is O=C(CCc1ccncc1)NCCCCN1CCCC1. The van der Waals surface area contributed by atoms with Crippen molar-refractivity contribution >= 4 is 5.91 Å². The molecule has 1 aromatic rings. The number of rotatable bonds is 8. The van der Waals surface area contributed by atoms with Crippen LogP contribution in [0.5, 0.6) is 0 Å². The molecule has 1 saturated heterocycles. The van der Waals surface area contributed by atoms with E-state index in [2.05, 4.69) is 15.2 Å². The summed E-state index contributed by atoms with van der Waals surface area (Å²) in [5, 5.41) is 3.01. The van der Waals surface area contributed by atoms with Gasteiger partial charge in [-0.2, -0.15) is 0 Å². The van der Waals surface area contributed by atoms with Gasteiger partial charge < -0.3 is 10.2 Å². The number of hydrogen-bond acceptors (Lipinski definition) is 3. The second-order valence-electron chi connectivity index (χ2n) is 5.46. The third-order valence-electron chi connectivity index (χ3n) is 3.81. The number of hydrogen-bond donors (Lipinski definition) is 1. The van der Waals surface area contributed by atoms with Crippen LogP contribution in [0, 0.1) is 0 Å². The summed E-state index contributed by atoms with van der Waals surface area (Å²) in [6.45, 7) is 4.52. The predicted molar refractivity (Wildman–Crippen MR) is 80.5 cm³/mol. The number of amides is 1. The zero-order valence-corrected chi connectivity index (χ0v) is 12.2. The monoisotopic (exact) mass is 275 g/mol. The molecule has 0 aromatic carbocycles. The molecule has 1 fully saturated rings. The molecular formula is C16H25N3O. The first-order valence-electron chi connectivity index (χ1n) is 7.72. The van der Waals surface area contributed by atoms with E-state index in [9.17, 15) is 4.79 Å². The Morgan fingerprint density at radius 2 is 1.95 bits per heavy atom. The highest BCUT2D eigenvalue weighted by molar-refractivity contribution is 5.76. The lowest BCUT2D eigenvalue weighted by Gasteiger charge is -2.14. The minimum Gasteiger partial charge on any atom is -0.356 e. The van der Waals surface area contributed by atoms with E-state index in [0.29, 0.717) is 6.42 Å². The minimum atomic E-state index is 0.156. The molecule has 110 valence electrons. The quantitative estimate of drug-likeness (QED) is 0.738. The number of pyridine rings is 1. The number of carbonyl (C=O) groups excluding carboxylic acids is 1. The van der Waals surface area contributed by atoms with E-state index in [-0.39, 0.29) is 5.91 Å². The minimum absolute atomic E-state index is 0.156. The van der Waals surface area contributed by atoms with E-state index in [1.165, 1.54) is 44.5 Å². The molecule has 0 saturated carbocycles. The van der Waals surface area contributed by atoms with Crippen molar-refractivity contribution in [3.05, 3.63) is 30.1 Å². The van der Waals surface area contributed by atoms with Crippen molar-refractivity contribution in [3.63, 3.8) is 0 Å². The Labute approximate surface area is 121 Å². The van der Waals surface area contributed by atoms with E-state index in [1.54, 1.807) is 12.4 Å². The largest absolute Gasteiger partial charge is 0.356 e. The summed E-state index contributed by atoms with van der Waals surface area (Å²) in [6.07, 6.45) is 9.87. The lowest BCUT2D eigenvalue weighted by molar-refractivity contribution is -0.121. The van der Waals surface area contributed by atoms with Gasteiger partial charge in [0.15, 0.2) is 0 Å². The van der Waals surface area contributed by atoms with Gasteiger partial charge in [0, 0.05) is 25.4 Å². The lowest BCUT2D eigenvalue weighted by Crippen LogP contribution is -2.26. The van der Waals surface area contributed by atoms with Gasteiger partial charge in [0.2, 0.25) is 5.91 Å². The van der Waals surface area contributed by atoms with Gasteiger partial charge in [0.05, 0.1) is 0 Å². The third-order valence-corrected chi connectivity index (χ3v) is 3.81. The molecule has 1 aliphatic heterocycles. The van der Waals surface area contributed by atoms with Crippen molar-refractivity contribution in [2.45, 2.75) is 38.5 Å². The smallest absolute Gasteiger partial charge is 0.220 e. The molecule has 1 aromatic heterocycles. The predicted octanol–water partition coefficient (Wildman–Crippen LogP) is 2.01. The molecule has 0 bridgehead atoms. The summed E-state index contributed by atoms with van der Waals surface area (Å²) in [4.78, 5) is 18.2. The molecule has 4 nitrogen and oxygen atoms in total. The third kappa shape index (κ3) is 5.70. The molecule has 0 radical (unpaired) electrons. The average molecular weight is 275 g/mol. The van der Waals surface area contributed by atoms with Gasteiger partial charge in [-0.1, -0.05) is 0 Å². The molecule has 4 heteroatoms. The Bertz CT molecular complexity index is 388. The van der Waals surface area contributed by atoms with Crippen LogP contribution < -0.4 is 5.32 Å². The Kier molecular flexibility index (Phi) is 6.51. The van der Waals surface area contributed by atoms with Crippen molar-refractivity contribution in [1.29, 1.82) is 0 Å². The van der Waals surface area contributed by atoms with E-state index in [1.807, 2.05) is 12.1 Å². The summed E-state index contributed by atoms with van der Waals surface area (Å²) in [7, 11) is 0. The molecule has 0 unspecified atom stereocenters. The number of nitrogens with one attached hydrogen (secondary N) is 1. The van der Waals surface area contributed by atoms with Crippen molar-refractivity contribution in [1.82, 2.24) is 15.2 Å². The molecule has 2 heterocycles. The summed E-state index contributed by atoms with van der Waals surface area (Å²) in [5.74, 6) is 0.156. The fourth-order valence-corrected chi connectivity index (χ4v) is 2.59. The van der Waals surface area contributed by atoms with Gasteiger partial charge in [-0.3, -0.25) is 9.78 Å². The average Bonchev–Trinajstić information content (AvgIpc) is 2.99. The van der Waals surface area contributed by atoms with Crippen LogP contribution in [-0.2, 0) is 11.2 Å². The molecule has 1 aliphatic rings. The summed E-state index contributed by atoms with van der Waals surface area (Å²) in [5.41, 5.74) is 1.17. The number of carbonyl (C=O) groups is 1. The molecule has 1 amide bonds.